The predicted molar refractivity (Wildman–Crippen MR) is 66.6 cm³/mol. The minimum absolute atomic E-state index is 0.117. The maximum absolute atomic E-state index is 13.6. The second-order valence-corrected chi connectivity index (χ2v) is 5.77. The standard InChI is InChI=1S/C11H12BrF2NS/c12-9-1-2-10(13)8(11(9)14)5-15-7-3-4-16-6-7/h1-2,7,15H,3-6H2. The zero-order valence-electron chi connectivity index (χ0n) is 8.60. The second-order valence-electron chi connectivity index (χ2n) is 3.76. The van der Waals surface area contributed by atoms with Crippen LogP contribution in [0.5, 0.6) is 0 Å². The third-order valence-electron chi connectivity index (χ3n) is 2.64. The molecular weight excluding hydrogens is 296 g/mol. The Labute approximate surface area is 106 Å². The van der Waals surface area contributed by atoms with Crippen LogP contribution in [0.4, 0.5) is 8.78 Å². The van der Waals surface area contributed by atoms with E-state index in [1.54, 1.807) is 0 Å². The predicted octanol–water partition coefficient (Wildman–Crippen LogP) is 3.32. The lowest BCUT2D eigenvalue weighted by Crippen LogP contribution is -2.28. The fourth-order valence-electron chi connectivity index (χ4n) is 1.67. The molecule has 1 atom stereocenters. The molecule has 0 bridgehead atoms. The molecule has 1 aliphatic heterocycles. The maximum atomic E-state index is 13.6. The molecule has 2 rings (SSSR count). The molecule has 5 heteroatoms. The fourth-order valence-corrected chi connectivity index (χ4v) is 3.23. The molecule has 1 aromatic carbocycles. The van der Waals surface area contributed by atoms with Crippen LogP contribution in [0.25, 0.3) is 0 Å². The number of hydrogen-bond donors (Lipinski definition) is 1. The first kappa shape index (κ1) is 12.3. The van der Waals surface area contributed by atoms with Crippen LogP contribution in [0.2, 0.25) is 0 Å². The van der Waals surface area contributed by atoms with Crippen molar-refractivity contribution < 1.29 is 8.78 Å². The molecule has 1 heterocycles. The van der Waals surface area contributed by atoms with Crippen molar-refractivity contribution in [1.82, 2.24) is 5.32 Å². The number of nitrogens with one attached hydrogen (secondary N) is 1. The van der Waals surface area contributed by atoms with Gasteiger partial charge < -0.3 is 5.32 Å². The molecule has 1 fully saturated rings. The van der Waals surface area contributed by atoms with Gasteiger partial charge in [0.1, 0.15) is 11.6 Å². The molecule has 0 aromatic heterocycles. The van der Waals surface area contributed by atoms with E-state index in [9.17, 15) is 8.78 Å². The van der Waals surface area contributed by atoms with Gasteiger partial charge in [0.25, 0.3) is 0 Å². The van der Waals surface area contributed by atoms with Crippen LogP contribution in [-0.4, -0.2) is 17.5 Å². The largest absolute Gasteiger partial charge is 0.309 e. The summed E-state index contributed by atoms with van der Waals surface area (Å²) >= 11 is 4.93. The van der Waals surface area contributed by atoms with Crippen molar-refractivity contribution in [2.45, 2.75) is 19.0 Å². The average molecular weight is 308 g/mol. The lowest BCUT2D eigenvalue weighted by Gasteiger charge is -2.12. The van der Waals surface area contributed by atoms with Gasteiger partial charge in [-0.25, -0.2) is 8.78 Å². The van der Waals surface area contributed by atoms with E-state index in [1.165, 1.54) is 12.1 Å². The van der Waals surface area contributed by atoms with E-state index >= 15 is 0 Å². The molecule has 0 aliphatic carbocycles. The van der Waals surface area contributed by atoms with Gasteiger partial charge in [0.05, 0.1) is 4.47 Å². The summed E-state index contributed by atoms with van der Waals surface area (Å²) in [5.74, 6) is 1.16. The summed E-state index contributed by atoms with van der Waals surface area (Å²) in [6.45, 7) is 0.252. The van der Waals surface area contributed by atoms with Crippen molar-refractivity contribution >= 4 is 27.7 Å². The topological polar surface area (TPSA) is 12.0 Å². The SMILES string of the molecule is Fc1ccc(Br)c(F)c1CNC1CCSC1. The summed E-state index contributed by atoms with van der Waals surface area (Å²) in [6, 6.07) is 3.05. The van der Waals surface area contributed by atoms with Crippen LogP contribution >= 0.6 is 27.7 Å². The first-order chi connectivity index (χ1) is 7.68. The van der Waals surface area contributed by atoms with E-state index in [2.05, 4.69) is 21.2 Å². The van der Waals surface area contributed by atoms with Crippen LogP contribution < -0.4 is 5.32 Å². The van der Waals surface area contributed by atoms with E-state index in [-0.39, 0.29) is 12.1 Å². The lowest BCUT2D eigenvalue weighted by atomic mass is 10.1. The summed E-state index contributed by atoms with van der Waals surface area (Å²) < 4.78 is 27.3. The average Bonchev–Trinajstić information content (AvgIpc) is 2.77. The molecule has 1 aromatic rings. The van der Waals surface area contributed by atoms with Gasteiger partial charge >= 0.3 is 0 Å². The summed E-state index contributed by atoms with van der Waals surface area (Å²) in [6.07, 6.45) is 1.07. The van der Waals surface area contributed by atoms with Crippen LogP contribution in [0.15, 0.2) is 16.6 Å². The fraction of sp³-hybridized carbons (Fsp3) is 0.455. The maximum Gasteiger partial charge on any atom is 0.144 e. The van der Waals surface area contributed by atoms with E-state index in [0.717, 1.165) is 17.9 Å². The number of thioether (sulfide) groups is 1. The van der Waals surface area contributed by atoms with Gasteiger partial charge in [0, 0.05) is 23.9 Å². The normalized spacial score (nSPS) is 20.3. The van der Waals surface area contributed by atoms with E-state index in [4.69, 9.17) is 0 Å². The molecule has 0 spiro atoms. The highest BCUT2D eigenvalue weighted by molar-refractivity contribution is 9.10. The Morgan fingerprint density at radius 3 is 2.94 bits per heavy atom. The minimum atomic E-state index is -0.502. The van der Waals surface area contributed by atoms with Crippen molar-refractivity contribution in [2.75, 3.05) is 11.5 Å². The van der Waals surface area contributed by atoms with Crippen molar-refractivity contribution in [1.29, 1.82) is 0 Å². The smallest absolute Gasteiger partial charge is 0.144 e. The molecule has 16 heavy (non-hydrogen) atoms. The van der Waals surface area contributed by atoms with E-state index in [1.807, 2.05) is 11.8 Å². The molecule has 1 unspecified atom stereocenters. The molecular formula is C11H12BrF2NS. The van der Waals surface area contributed by atoms with Crippen molar-refractivity contribution in [3.05, 3.63) is 33.8 Å². The zero-order valence-corrected chi connectivity index (χ0v) is 11.0. The highest BCUT2D eigenvalue weighted by Gasteiger charge is 2.17. The summed E-state index contributed by atoms with van der Waals surface area (Å²) in [4.78, 5) is 0. The Morgan fingerprint density at radius 1 is 1.44 bits per heavy atom. The van der Waals surface area contributed by atoms with Crippen LogP contribution in [0, 0.1) is 11.6 Å². The highest BCUT2D eigenvalue weighted by atomic mass is 79.9. The number of halogens is 3. The molecule has 1 nitrogen and oxygen atoms in total. The second kappa shape index (κ2) is 5.47. The van der Waals surface area contributed by atoms with E-state index < -0.39 is 11.6 Å². The molecule has 88 valence electrons. The zero-order chi connectivity index (χ0) is 11.5. The highest BCUT2D eigenvalue weighted by Crippen LogP contribution is 2.22. The van der Waals surface area contributed by atoms with Gasteiger partial charge in [-0.05, 0) is 40.2 Å². The number of benzene rings is 1. The van der Waals surface area contributed by atoms with Gasteiger partial charge in [-0.3, -0.25) is 0 Å². The Morgan fingerprint density at radius 2 is 2.25 bits per heavy atom. The molecule has 1 saturated heterocycles. The van der Waals surface area contributed by atoms with E-state index in [0.29, 0.717) is 10.5 Å². The van der Waals surface area contributed by atoms with Gasteiger partial charge in [-0.1, -0.05) is 0 Å². The Balaban J connectivity index is 2.05. The molecule has 0 amide bonds. The molecule has 1 N–H and O–H groups in total. The molecule has 0 saturated carbocycles. The third-order valence-corrected chi connectivity index (χ3v) is 4.41. The van der Waals surface area contributed by atoms with Gasteiger partial charge in [0.2, 0.25) is 0 Å². The minimum Gasteiger partial charge on any atom is -0.309 e. The molecule has 1 aliphatic rings. The van der Waals surface area contributed by atoms with Crippen molar-refractivity contribution in [3.63, 3.8) is 0 Å². The summed E-state index contributed by atoms with van der Waals surface area (Å²) in [5.41, 5.74) is 0.117. The number of rotatable bonds is 3. The van der Waals surface area contributed by atoms with Crippen LogP contribution in [-0.2, 0) is 6.54 Å². The third kappa shape index (κ3) is 2.76. The van der Waals surface area contributed by atoms with Crippen LogP contribution in [0.3, 0.4) is 0 Å². The Hall–Kier alpha value is -0.130. The summed E-state index contributed by atoms with van der Waals surface area (Å²) in [5, 5.41) is 3.19. The summed E-state index contributed by atoms with van der Waals surface area (Å²) in [7, 11) is 0. The van der Waals surface area contributed by atoms with Crippen molar-refractivity contribution in [2.24, 2.45) is 0 Å². The lowest BCUT2D eigenvalue weighted by molar-refractivity contribution is 0.502. The first-order valence-corrected chi connectivity index (χ1v) is 7.06. The Kier molecular flexibility index (Phi) is 4.21. The number of hydrogen-bond acceptors (Lipinski definition) is 2. The Bertz CT molecular complexity index is 380. The van der Waals surface area contributed by atoms with Crippen LogP contribution in [0.1, 0.15) is 12.0 Å². The van der Waals surface area contributed by atoms with Gasteiger partial charge in [0.15, 0.2) is 0 Å². The molecule has 0 radical (unpaired) electrons. The first-order valence-electron chi connectivity index (χ1n) is 5.12. The van der Waals surface area contributed by atoms with Gasteiger partial charge in [-0.2, -0.15) is 11.8 Å². The quantitative estimate of drug-likeness (QED) is 0.860. The van der Waals surface area contributed by atoms with Crippen molar-refractivity contribution in [3.8, 4) is 0 Å². The monoisotopic (exact) mass is 307 g/mol. The van der Waals surface area contributed by atoms with Gasteiger partial charge in [-0.15, -0.1) is 0 Å².